The van der Waals surface area contributed by atoms with E-state index in [1.165, 1.54) is 0 Å². The first kappa shape index (κ1) is 14.8. The molecule has 0 spiro atoms. The first-order chi connectivity index (χ1) is 9.54. The van der Waals surface area contributed by atoms with Crippen molar-refractivity contribution in [3.05, 3.63) is 52.4 Å². The highest BCUT2D eigenvalue weighted by atomic mass is 127. The predicted octanol–water partition coefficient (Wildman–Crippen LogP) is 2.28. The minimum absolute atomic E-state index is 0.0328. The van der Waals surface area contributed by atoms with E-state index in [9.17, 15) is 4.79 Å². The van der Waals surface area contributed by atoms with Crippen LogP contribution in [-0.2, 0) is 11.3 Å². The van der Waals surface area contributed by atoms with Crippen LogP contribution in [0.3, 0.4) is 0 Å². The number of carbonyl (C=O) groups is 1. The van der Waals surface area contributed by atoms with E-state index in [0.717, 1.165) is 14.9 Å². The number of aromatic nitrogens is 1. The summed E-state index contributed by atoms with van der Waals surface area (Å²) in [5.74, 6) is -0.0328. The maximum atomic E-state index is 12.0. The highest BCUT2D eigenvalue weighted by molar-refractivity contribution is 14.1. The SMILES string of the molecule is CN(C)c1cc[n+](CC(=O)Nc2cccc(I)c2)cc1. The molecule has 0 radical (unpaired) electrons. The van der Waals surface area contributed by atoms with Crippen LogP contribution >= 0.6 is 22.6 Å². The number of anilines is 2. The van der Waals surface area contributed by atoms with Crippen LogP contribution in [0.15, 0.2) is 48.8 Å². The minimum Gasteiger partial charge on any atom is -0.377 e. The van der Waals surface area contributed by atoms with Crippen molar-refractivity contribution >= 4 is 39.9 Å². The zero-order valence-corrected chi connectivity index (χ0v) is 13.7. The van der Waals surface area contributed by atoms with E-state index in [0.29, 0.717) is 6.54 Å². The molecule has 0 aliphatic heterocycles. The van der Waals surface area contributed by atoms with Crippen molar-refractivity contribution in [2.24, 2.45) is 0 Å². The summed E-state index contributed by atoms with van der Waals surface area (Å²) >= 11 is 2.22. The number of rotatable bonds is 4. The van der Waals surface area contributed by atoms with Crippen LogP contribution in [0.5, 0.6) is 0 Å². The van der Waals surface area contributed by atoms with E-state index in [1.54, 1.807) is 0 Å². The number of amides is 1. The van der Waals surface area contributed by atoms with Gasteiger partial charge in [-0.15, -0.1) is 0 Å². The van der Waals surface area contributed by atoms with Crippen LogP contribution in [-0.4, -0.2) is 20.0 Å². The van der Waals surface area contributed by atoms with E-state index in [1.807, 2.05) is 72.4 Å². The molecule has 104 valence electrons. The molecule has 0 aliphatic carbocycles. The molecule has 0 unspecified atom stereocenters. The molecule has 5 heteroatoms. The molecule has 1 aromatic carbocycles. The molecule has 0 atom stereocenters. The van der Waals surface area contributed by atoms with Crippen molar-refractivity contribution in [1.29, 1.82) is 0 Å². The Morgan fingerprint density at radius 3 is 2.55 bits per heavy atom. The van der Waals surface area contributed by atoms with Gasteiger partial charge in [0.05, 0.1) is 0 Å². The van der Waals surface area contributed by atoms with Gasteiger partial charge in [-0.3, -0.25) is 4.79 Å². The third-order valence-electron chi connectivity index (χ3n) is 2.82. The molecule has 0 aliphatic rings. The number of halogens is 1. The van der Waals surface area contributed by atoms with Gasteiger partial charge in [0.15, 0.2) is 12.4 Å². The van der Waals surface area contributed by atoms with Crippen LogP contribution < -0.4 is 14.8 Å². The molecule has 20 heavy (non-hydrogen) atoms. The van der Waals surface area contributed by atoms with Crippen LogP contribution in [0.1, 0.15) is 0 Å². The van der Waals surface area contributed by atoms with Gasteiger partial charge >= 0.3 is 0 Å². The number of hydrogen-bond donors (Lipinski definition) is 1. The number of pyridine rings is 1. The Balaban J connectivity index is 1.97. The highest BCUT2D eigenvalue weighted by Crippen LogP contribution is 2.12. The van der Waals surface area contributed by atoms with Crippen molar-refractivity contribution < 1.29 is 9.36 Å². The zero-order valence-electron chi connectivity index (χ0n) is 11.5. The number of carbonyl (C=O) groups excluding carboxylic acids is 1. The second-order valence-corrected chi connectivity index (χ2v) is 5.93. The van der Waals surface area contributed by atoms with Gasteiger partial charge in [0.1, 0.15) is 0 Å². The lowest BCUT2D eigenvalue weighted by molar-refractivity contribution is -0.684. The minimum atomic E-state index is -0.0328. The summed E-state index contributed by atoms with van der Waals surface area (Å²) in [6.07, 6.45) is 3.81. The molecule has 0 saturated heterocycles. The average Bonchev–Trinajstić information content (AvgIpc) is 2.39. The van der Waals surface area contributed by atoms with Crippen molar-refractivity contribution in [2.75, 3.05) is 24.3 Å². The molecule has 0 bridgehead atoms. The molecule has 0 fully saturated rings. The van der Waals surface area contributed by atoms with Crippen LogP contribution in [0, 0.1) is 3.57 Å². The van der Waals surface area contributed by atoms with Gasteiger partial charge in [-0.2, -0.15) is 4.57 Å². The summed E-state index contributed by atoms with van der Waals surface area (Å²) in [7, 11) is 3.98. The number of nitrogens with one attached hydrogen (secondary N) is 1. The Bertz CT molecular complexity index is 596. The van der Waals surface area contributed by atoms with E-state index < -0.39 is 0 Å². The lowest BCUT2D eigenvalue weighted by Gasteiger charge is -2.10. The monoisotopic (exact) mass is 382 g/mol. The first-order valence-electron chi connectivity index (χ1n) is 6.26. The molecule has 1 N–H and O–H groups in total. The molecule has 4 nitrogen and oxygen atoms in total. The molecule has 1 amide bonds. The fourth-order valence-electron chi connectivity index (χ4n) is 1.79. The molecule has 2 rings (SSSR count). The Kier molecular flexibility index (Phi) is 4.94. The second kappa shape index (κ2) is 6.69. The molecule has 1 heterocycles. The van der Waals surface area contributed by atoms with Crippen molar-refractivity contribution in [3.8, 4) is 0 Å². The maximum absolute atomic E-state index is 12.0. The Labute approximate surface area is 132 Å². The third-order valence-corrected chi connectivity index (χ3v) is 3.50. The van der Waals surface area contributed by atoms with Gasteiger partial charge in [0, 0.05) is 41.2 Å². The van der Waals surface area contributed by atoms with Crippen LogP contribution in [0.2, 0.25) is 0 Å². The van der Waals surface area contributed by atoms with Crippen molar-refractivity contribution in [1.82, 2.24) is 0 Å². The largest absolute Gasteiger partial charge is 0.377 e. The Hall–Kier alpha value is -1.63. The lowest BCUT2D eigenvalue weighted by Crippen LogP contribution is -2.39. The summed E-state index contributed by atoms with van der Waals surface area (Å²) in [4.78, 5) is 14.0. The molecule has 2 aromatic rings. The standard InChI is InChI=1S/C15H16IN3O/c1-18(2)14-6-8-19(9-7-14)11-15(20)17-13-5-3-4-12(16)10-13/h3-10H,11H2,1-2H3/p+1. The summed E-state index contributed by atoms with van der Waals surface area (Å²) in [5, 5.41) is 2.89. The third kappa shape index (κ3) is 4.19. The second-order valence-electron chi connectivity index (χ2n) is 4.68. The van der Waals surface area contributed by atoms with Crippen LogP contribution in [0.25, 0.3) is 0 Å². The van der Waals surface area contributed by atoms with E-state index in [2.05, 4.69) is 27.9 Å². The number of benzene rings is 1. The number of hydrogen-bond acceptors (Lipinski definition) is 2. The van der Waals surface area contributed by atoms with Crippen molar-refractivity contribution in [3.63, 3.8) is 0 Å². The summed E-state index contributed by atoms with van der Waals surface area (Å²) in [6, 6.07) is 11.7. The molecular weight excluding hydrogens is 365 g/mol. The van der Waals surface area contributed by atoms with Crippen LogP contribution in [0.4, 0.5) is 11.4 Å². The van der Waals surface area contributed by atoms with Gasteiger partial charge in [-0.05, 0) is 40.8 Å². The quantitative estimate of drug-likeness (QED) is 0.651. The molecule has 0 saturated carbocycles. The van der Waals surface area contributed by atoms with Gasteiger partial charge < -0.3 is 10.2 Å². The van der Waals surface area contributed by atoms with Crippen molar-refractivity contribution in [2.45, 2.75) is 6.54 Å². The van der Waals surface area contributed by atoms with E-state index in [4.69, 9.17) is 0 Å². The Morgan fingerprint density at radius 1 is 1.25 bits per heavy atom. The predicted molar refractivity (Wildman–Crippen MR) is 88.8 cm³/mol. The zero-order chi connectivity index (χ0) is 14.5. The maximum Gasteiger partial charge on any atom is 0.290 e. The summed E-state index contributed by atoms with van der Waals surface area (Å²) in [5.41, 5.74) is 1.94. The average molecular weight is 382 g/mol. The smallest absolute Gasteiger partial charge is 0.290 e. The highest BCUT2D eigenvalue weighted by Gasteiger charge is 2.10. The fraction of sp³-hybridized carbons (Fsp3) is 0.200. The lowest BCUT2D eigenvalue weighted by atomic mass is 10.3. The molecule has 1 aromatic heterocycles. The normalized spacial score (nSPS) is 10.2. The van der Waals surface area contributed by atoms with E-state index >= 15 is 0 Å². The van der Waals surface area contributed by atoms with Gasteiger partial charge in [0.25, 0.3) is 5.91 Å². The molecular formula is C15H17IN3O+. The van der Waals surface area contributed by atoms with Gasteiger partial charge in [0.2, 0.25) is 6.54 Å². The van der Waals surface area contributed by atoms with E-state index in [-0.39, 0.29) is 5.91 Å². The van der Waals surface area contributed by atoms with Gasteiger partial charge in [-0.1, -0.05) is 6.07 Å². The van der Waals surface area contributed by atoms with Gasteiger partial charge in [-0.25, -0.2) is 0 Å². The summed E-state index contributed by atoms with van der Waals surface area (Å²) < 4.78 is 2.96. The summed E-state index contributed by atoms with van der Waals surface area (Å²) in [6.45, 7) is 0.305. The Morgan fingerprint density at radius 2 is 1.95 bits per heavy atom. The fourth-order valence-corrected chi connectivity index (χ4v) is 2.33. The topological polar surface area (TPSA) is 36.2 Å². The number of nitrogens with zero attached hydrogens (tertiary/aromatic N) is 2. The first-order valence-corrected chi connectivity index (χ1v) is 7.34.